The summed E-state index contributed by atoms with van der Waals surface area (Å²) in [6.07, 6.45) is 1.17. The number of nitro benzene ring substituents is 1. The van der Waals surface area contributed by atoms with Crippen LogP contribution in [-0.2, 0) is 0 Å². The summed E-state index contributed by atoms with van der Waals surface area (Å²) in [7, 11) is 0. The molecule has 0 aliphatic heterocycles. The molecule has 0 aliphatic rings. The van der Waals surface area contributed by atoms with Gasteiger partial charge in [0.25, 0.3) is 0 Å². The molecule has 0 fully saturated rings. The van der Waals surface area contributed by atoms with E-state index in [1.54, 1.807) is 0 Å². The molecule has 9 heteroatoms. The second-order valence-electron chi connectivity index (χ2n) is 4.55. The molecular weight excluding hydrogens is 330 g/mol. The maximum atomic E-state index is 13.6. The molecule has 0 aliphatic carbocycles. The molecule has 3 rings (SSSR count). The van der Waals surface area contributed by atoms with Crippen molar-refractivity contribution in [2.45, 2.75) is 0 Å². The fraction of sp³-hybridized carbons (Fsp3) is 0. The lowest BCUT2D eigenvalue weighted by Gasteiger charge is -2.09. The Morgan fingerprint density at radius 1 is 1.13 bits per heavy atom. The van der Waals surface area contributed by atoms with Gasteiger partial charge in [0, 0.05) is 17.8 Å². The molecule has 0 radical (unpaired) electrons. The molecule has 23 heavy (non-hydrogen) atoms. The third-order valence-corrected chi connectivity index (χ3v) is 3.39. The van der Waals surface area contributed by atoms with E-state index in [4.69, 9.17) is 11.6 Å². The molecule has 0 saturated heterocycles. The molecule has 2 aromatic carbocycles. The molecule has 0 atom stereocenters. The zero-order valence-corrected chi connectivity index (χ0v) is 12.0. The molecule has 0 amide bonds. The van der Waals surface area contributed by atoms with E-state index in [2.05, 4.69) is 15.3 Å². The van der Waals surface area contributed by atoms with Crippen LogP contribution in [-0.4, -0.2) is 14.9 Å². The molecule has 0 spiro atoms. The lowest BCUT2D eigenvalue weighted by Crippen LogP contribution is -1.99. The maximum absolute atomic E-state index is 13.6. The van der Waals surface area contributed by atoms with Crippen LogP contribution in [0.1, 0.15) is 0 Å². The zero-order valence-electron chi connectivity index (χ0n) is 11.3. The normalized spacial score (nSPS) is 10.7. The topological polar surface area (TPSA) is 81.0 Å². The van der Waals surface area contributed by atoms with Crippen molar-refractivity contribution in [3.8, 4) is 0 Å². The highest BCUT2D eigenvalue weighted by molar-refractivity contribution is 6.30. The Labute approximate surface area is 132 Å². The molecule has 0 bridgehead atoms. The van der Waals surface area contributed by atoms with Crippen LogP contribution in [0, 0.1) is 21.7 Å². The lowest BCUT2D eigenvalue weighted by atomic mass is 10.2. The number of hydrogen-bond donors (Lipinski definition) is 1. The van der Waals surface area contributed by atoms with Crippen LogP contribution in [0.15, 0.2) is 36.7 Å². The summed E-state index contributed by atoms with van der Waals surface area (Å²) in [6.45, 7) is 0. The summed E-state index contributed by atoms with van der Waals surface area (Å²) >= 11 is 5.61. The van der Waals surface area contributed by atoms with Crippen molar-refractivity contribution in [3.05, 3.63) is 63.4 Å². The van der Waals surface area contributed by atoms with Gasteiger partial charge in [-0.1, -0.05) is 11.6 Å². The minimum absolute atomic E-state index is 0.0409. The van der Waals surface area contributed by atoms with E-state index in [0.29, 0.717) is 5.69 Å². The van der Waals surface area contributed by atoms with Gasteiger partial charge in [-0.2, -0.15) is 4.39 Å². The number of anilines is 2. The van der Waals surface area contributed by atoms with Gasteiger partial charge in [0.2, 0.25) is 5.82 Å². The van der Waals surface area contributed by atoms with Crippen LogP contribution in [0.2, 0.25) is 5.02 Å². The Kier molecular flexibility index (Phi) is 3.75. The van der Waals surface area contributed by atoms with Crippen LogP contribution >= 0.6 is 11.6 Å². The number of aromatic nitrogens is 2. The van der Waals surface area contributed by atoms with Crippen LogP contribution < -0.4 is 5.32 Å². The summed E-state index contributed by atoms with van der Waals surface area (Å²) in [6, 6.07) is 5.98. The average Bonchev–Trinajstić information content (AvgIpc) is 2.50. The first-order valence-corrected chi connectivity index (χ1v) is 6.64. The molecule has 1 heterocycles. The van der Waals surface area contributed by atoms with Crippen LogP contribution in [0.3, 0.4) is 0 Å². The predicted molar refractivity (Wildman–Crippen MR) is 80.8 cm³/mol. The van der Waals surface area contributed by atoms with Crippen molar-refractivity contribution in [2.75, 3.05) is 5.32 Å². The SMILES string of the molecule is O=[N+]([O-])c1cc2c(Nc3ccc(Cl)c(F)c3)ncnc2cc1F. The minimum atomic E-state index is -0.996. The van der Waals surface area contributed by atoms with E-state index in [1.165, 1.54) is 18.5 Å². The van der Waals surface area contributed by atoms with Crippen LogP contribution in [0.25, 0.3) is 10.9 Å². The molecule has 3 aromatic rings. The standard InChI is InChI=1S/C14H7ClF2N4O2/c15-9-2-1-7(3-10(9)16)20-14-8-4-13(21(22)23)11(17)5-12(8)18-6-19-14/h1-6H,(H,18,19,20). The average molecular weight is 337 g/mol. The van der Waals surface area contributed by atoms with Gasteiger partial charge in [-0.05, 0) is 18.2 Å². The number of benzene rings is 2. The Hall–Kier alpha value is -2.87. The van der Waals surface area contributed by atoms with Crippen molar-refractivity contribution in [2.24, 2.45) is 0 Å². The number of nitrogens with one attached hydrogen (secondary N) is 1. The van der Waals surface area contributed by atoms with E-state index in [9.17, 15) is 18.9 Å². The van der Waals surface area contributed by atoms with E-state index >= 15 is 0 Å². The highest BCUT2D eigenvalue weighted by atomic mass is 35.5. The largest absolute Gasteiger partial charge is 0.340 e. The van der Waals surface area contributed by atoms with Gasteiger partial charge in [-0.15, -0.1) is 0 Å². The van der Waals surface area contributed by atoms with Crippen molar-refractivity contribution in [1.82, 2.24) is 9.97 Å². The summed E-state index contributed by atoms with van der Waals surface area (Å²) in [5.41, 5.74) is -0.184. The number of halogens is 3. The van der Waals surface area contributed by atoms with E-state index in [1.807, 2.05) is 0 Å². The summed E-state index contributed by atoms with van der Waals surface area (Å²) in [4.78, 5) is 17.8. The zero-order chi connectivity index (χ0) is 16.6. The van der Waals surface area contributed by atoms with Crippen molar-refractivity contribution >= 4 is 39.7 Å². The molecule has 6 nitrogen and oxygen atoms in total. The number of rotatable bonds is 3. The molecule has 1 N–H and O–H groups in total. The van der Waals surface area contributed by atoms with Gasteiger partial charge in [-0.25, -0.2) is 14.4 Å². The Bertz CT molecular complexity index is 936. The number of fused-ring (bicyclic) bond motifs is 1. The Morgan fingerprint density at radius 3 is 2.61 bits per heavy atom. The number of hydrogen-bond acceptors (Lipinski definition) is 5. The van der Waals surface area contributed by atoms with Crippen molar-refractivity contribution < 1.29 is 13.7 Å². The minimum Gasteiger partial charge on any atom is -0.340 e. The Balaban J connectivity index is 2.11. The third kappa shape index (κ3) is 2.88. The van der Waals surface area contributed by atoms with Crippen LogP contribution in [0.4, 0.5) is 26.0 Å². The second kappa shape index (κ2) is 5.73. The molecule has 0 saturated carbocycles. The molecule has 1 aromatic heterocycles. The maximum Gasteiger partial charge on any atom is 0.305 e. The number of nitrogens with zero attached hydrogens (tertiary/aromatic N) is 3. The van der Waals surface area contributed by atoms with Crippen molar-refractivity contribution in [3.63, 3.8) is 0 Å². The fourth-order valence-electron chi connectivity index (χ4n) is 2.02. The summed E-state index contributed by atoms with van der Waals surface area (Å²) in [5.74, 6) is -1.45. The summed E-state index contributed by atoms with van der Waals surface area (Å²) < 4.78 is 27.1. The van der Waals surface area contributed by atoms with Gasteiger partial charge in [-0.3, -0.25) is 10.1 Å². The third-order valence-electron chi connectivity index (χ3n) is 3.08. The van der Waals surface area contributed by atoms with Gasteiger partial charge < -0.3 is 5.32 Å². The predicted octanol–water partition coefficient (Wildman–Crippen LogP) is 4.21. The van der Waals surface area contributed by atoms with Gasteiger partial charge >= 0.3 is 5.69 Å². The molecular formula is C14H7ClF2N4O2. The quantitative estimate of drug-likeness (QED) is 0.572. The summed E-state index contributed by atoms with van der Waals surface area (Å²) in [5, 5.41) is 13.9. The second-order valence-corrected chi connectivity index (χ2v) is 4.96. The Morgan fingerprint density at radius 2 is 1.91 bits per heavy atom. The molecule has 116 valence electrons. The fourth-order valence-corrected chi connectivity index (χ4v) is 2.13. The highest BCUT2D eigenvalue weighted by Crippen LogP contribution is 2.29. The van der Waals surface area contributed by atoms with Crippen LogP contribution in [0.5, 0.6) is 0 Å². The molecule has 0 unspecified atom stereocenters. The first-order valence-electron chi connectivity index (χ1n) is 6.26. The van der Waals surface area contributed by atoms with E-state index in [0.717, 1.165) is 18.2 Å². The lowest BCUT2D eigenvalue weighted by molar-refractivity contribution is -0.387. The highest BCUT2D eigenvalue weighted by Gasteiger charge is 2.18. The van der Waals surface area contributed by atoms with Crippen molar-refractivity contribution in [1.29, 1.82) is 0 Å². The van der Waals surface area contributed by atoms with Gasteiger partial charge in [0.1, 0.15) is 18.0 Å². The van der Waals surface area contributed by atoms with Gasteiger partial charge in [0.15, 0.2) is 0 Å². The van der Waals surface area contributed by atoms with E-state index in [-0.39, 0.29) is 21.7 Å². The first-order chi connectivity index (χ1) is 11.0. The first kappa shape index (κ1) is 15.0. The number of nitro groups is 1. The van der Waals surface area contributed by atoms with E-state index < -0.39 is 22.2 Å². The monoisotopic (exact) mass is 336 g/mol. The van der Waals surface area contributed by atoms with Gasteiger partial charge in [0.05, 0.1) is 20.8 Å². The smallest absolute Gasteiger partial charge is 0.305 e.